The third kappa shape index (κ3) is 2.80. The van der Waals surface area contributed by atoms with Crippen LogP contribution in [0, 0.1) is 6.92 Å². The van der Waals surface area contributed by atoms with E-state index in [4.69, 9.17) is 10.2 Å². The van der Waals surface area contributed by atoms with Crippen LogP contribution in [0.15, 0.2) is 4.42 Å². The van der Waals surface area contributed by atoms with Crippen LogP contribution in [0.25, 0.3) is 0 Å². The quantitative estimate of drug-likeness (QED) is 0.878. The Labute approximate surface area is 101 Å². The van der Waals surface area contributed by atoms with E-state index >= 15 is 0 Å². The predicted molar refractivity (Wildman–Crippen MR) is 67.9 cm³/mol. The summed E-state index contributed by atoms with van der Waals surface area (Å²) in [7, 11) is 0. The van der Waals surface area contributed by atoms with E-state index in [9.17, 15) is 0 Å². The lowest BCUT2D eigenvalue weighted by Gasteiger charge is -2.17. The Hall–Kier alpha value is -0.480. The van der Waals surface area contributed by atoms with Gasteiger partial charge in [0.1, 0.15) is 5.76 Å². The number of aromatic nitrogens is 1. The maximum absolute atomic E-state index is 5.88. The second-order valence-corrected chi connectivity index (χ2v) is 5.56. The van der Waals surface area contributed by atoms with E-state index in [-0.39, 0.29) is 0 Å². The minimum absolute atomic E-state index is 0.548. The average molecular weight is 240 g/mol. The number of rotatable bonds is 4. The molecule has 1 aromatic heterocycles. The molecule has 0 atom stereocenters. The van der Waals surface area contributed by atoms with Gasteiger partial charge in [-0.1, -0.05) is 0 Å². The summed E-state index contributed by atoms with van der Waals surface area (Å²) in [6.45, 7) is 2.76. The van der Waals surface area contributed by atoms with Crippen LogP contribution in [0.5, 0.6) is 0 Å². The second-order valence-electron chi connectivity index (χ2n) is 4.34. The molecule has 1 aliphatic rings. The molecular formula is C12H20N2OS. The molecule has 0 aromatic carbocycles. The summed E-state index contributed by atoms with van der Waals surface area (Å²) in [5.41, 5.74) is 6.57. The van der Waals surface area contributed by atoms with Gasteiger partial charge in [-0.3, -0.25) is 0 Å². The van der Waals surface area contributed by atoms with E-state index in [2.05, 4.69) is 4.98 Å². The van der Waals surface area contributed by atoms with Crippen molar-refractivity contribution in [1.29, 1.82) is 0 Å². The predicted octanol–water partition coefficient (Wildman–Crippen LogP) is 2.48. The number of thioether (sulfide) groups is 1. The summed E-state index contributed by atoms with van der Waals surface area (Å²) < 4.78 is 5.88. The summed E-state index contributed by atoms with van der Waals surface area (Å²) in [5, 5.41) is 0. The molecule has 1 aromatic rings. The summed E-state index contributed by atoms with van der Waals surface area (Å²) >= 11 is 2.03. The molecule has 2 heterocycles. The minimum Gasteiger partial charge on any atom is -0.445 e. The van der Waals surface area contributed by atoms with E-state index < -0.39 is 0 Å². The Kier molecular flexibility index (Phi) is 4.29. The Morgan fingerprint density at radius 1 is 1.44 bits per heavy atom. The van der Waals surface area contributed by atoms with Crippen molar-refractivity contribution in [2.75, 3.05) is 18.1 Å². The molecule has 2 rings (SSSR count). The van der Waals surface area contributed by atoms with Crippen molar-refractivity contribution in [3.63, 3.8) is 0 Å². The SMILES string of the molecule is Cc1nc(C2CCSCC2)oc1CCCN. The zero-order valence-corrected chi connectivity index (χ0v) is 10.7. The highest BCUT2D eigenvalue weighted by molar-refractivity contribution is 7.99. The number of hydrogen-bond acceptors (Lipinski definition) is 4. The van der Waals surface area contributed by atoms with E-state index in [0.29, 0.717) is 5.92 Å². The van der Waals surface area contributed by atoms with Crippen LogP contribution in [0.4, 0.5) is 0 Å². The Morgan fingerprint density at radius 2 is 2.19 bits per heavy atom. The largest absolute Gasteiger partial charge is 0.445 e. The van der Waals surface area contributed by atoms with Gasteiger partial charge in [-0.15, -0.1) is 0 Å². The summed E-state index contributed by atoms with van der Waals surface area (Å²) in [6.07, 6.45) is 4.33. The molecule has 0 unspecified atom stereocenters. The van der Waals surface area contributed by atoms with Gasteiger partial charge in [0.2, 0.25) is 0 Å². The van der Waals surface area contributed by atoms with Crippen LogP contribution in [-0.2, 0) is 6.42 Å². The monoisotopic (exact) mass is 240 g/mol. The van der Waals surface area contributed by atoms with Crippen LogP contribution >= 0.6 is 11.8 Å². The van der Waals surface area contributed by atoms with E-state index in [0.717, 1.165) is 36.7 Å². The highest BCUT2D eigenvalue weighted by atomic mass is 32.2. The Bertz CT molecular complexity index is 332. The summed E-state index contributed by atoms with van der Waals surface area (Å²) in [5.74, 6) is 5.03. The standard InChI is InChI=1S/C12H20N2OS/c1-9-11(3-2-6-13)15-12(14-9)10-4-7-16-8-5-10/h10H,2-8,13H2,1H3. The van der Waals surface area contributed by atoms with Crippen LogP contribution in [-0.4, -0.2) is 23.0 Å². The van der Waals surface area contributed by atoms with Crippen molar-refractivity contribution < 1.29 is 4.42 Å². The number of aryl methyl sites for hydroxylation is 2. The fourth-order valence-corrected chi connectivity index (χ4v) is 3.17. The highest BCUT2D eigenvalue weighted by Gasteiger charge is 2.21. The molecule has 0 aliphatic carbocycles. The lowest BCUT2D eigenvalue weighted by Crippen LogP contribution is -2.08. The Balaban J connectivity index is 2.03. The second kappa shape index (κ2) is 5.73. The third-order valence-corrected chi connectivity index (χ3v) is 4.14. The van der Waals surface area contributed by atoms with Crippen molar-refractivity contribution in [3.05, 3.63) is 17.3 Å². The van der Waals surface area contributed by atoms with E-state index in [1.807, 2.05) is 18.7 Å². The van der Waals surface area contributed by atoms with Crippen molar-refractivity contribution in [2.24, 2.45) is 5.73 Å². The first-order valence-electron chi connectivity index (χ1n) is 6.05. The average Bonchev–Trinajstić information content (AvgIpc) is 2.69. The lowest BCUT2D eigenvalue weighted by molar-refractivity contribution is 0.403. The summed E-state index contributed by atoms with van der Waals surface area (Å²) in [6, 6.07) is 0. The van der Waals surface area contributed by atoms with Crippen molar-refractivity contribution in [3.8, 4) is 0 Å². The van der Waals surface area contributed by atoms with E-state index in [1.165, 1.54) is 24.3 Å². The van der Waals surface area contributed by atoms with Gasteiger partial charge in [0.05, 0.1) is 5.69 Å². The number of oxazole rings is 1. The van der Waals surface area contributed by atoms with Gasteiger partial charge in [0.15, 0.2) is 5.89 Å². The van der Waals surface area contributed by atoms with Gasteiger partial charge >= 0.3 is 0 Å². The lowest BCUT2D eigenvalue weighted by atomic mass is 10.0. The number of hydrogen-bond donors (Lipinski definition) is 1. The van der Waals surface area contributed by atoms with Crippen LogP contribution in [0.1, 0.15) is 42.5 Å². The number of nitrogens with two attached hydrogens (primary N) is 1. The third-order valence-electron chi connectivity index (χ3n) is 3.09. The highest BCUT2D eigenvalue weighted by Crippen LogP contribution is 2.32. The first-order chi connectivity index (χ1) is 7.81. The fraction of sp³-hybridized carbons (Fsp3) is 0.750. The molecule has 0 saturated carbocycles. The zero-order chi connectivity index (χ0) is 11.4. The van der Waals surface area contributed by atoms with Crippen molar-refractivity contribution in [1.82, 2.24) is 4.98 Å². The molecule has 2 N–H and O–H groups in total. The molecule has 0 bridgehead atoms. The van der Waals surface area contributed by atoms with Gasteiger partial charge in [-0.2, -0.15) is 11.8 Å². The first kappa shape index (κ1) is 12.0. The smallest absolute Gasteiger partial charge is 0.197 e. The molecule has 90 valence electrons. The van der Waals surface area contributed by atoms with E-state index in [1.54, 1.807) is 0 Å². The van der Waals surface area contributed by atoms with Gasteiger partial charge in [-0.25, -0.2) is 4.98 Å². The maximum atomic E-state index is 5.88. The Morgan fingerprint density at radius 3 is 2.88 bits per heavy atom. The zero-order valence-electron chi connectivity index (χ0n) is 9.87. The van der Waals surface area contributed by atoms with Gasteiger partial charge < -0.3 is 10.2 Å². The van der Waals surface area contributed by atoms with Gasteiger partial charge in [-0.05, 0) is 44.2 Å². The molecule has 4 heteroatoms. The summed E-state index contributed by atoms with van der Waals surface area (Å²) in [4.78, 5) is 4.57. The topological polar surface area (TPSA) is 52.0 Å². The van der Waals surface area contributed by atoms with Gasteiger partial charge in [0.25, 0.3) is 0 Å². The molecule has 1 aliphatic heterocycles. The molecule has 1 fully saturated rings. The number of nitrogens with zero attached hydrogens (tertiary/aromatic N) is 1. The van der Waals surface area contributed by atoms with Crippen molar-refractivity contribution in [2.45, 2.75) is 38.5 Å². The molecule has 1 saturated heterocycles. The molecule has 3 nitrogen and oxygen atoms in total. The molecule has 0 radical (unpaired) electrons. The fourth-order valence-electron chi connectivity index (χ4n) is 2.06. The van der Waals surface area contributed by atoms with Gasteiger partial charge in [0, 0.05) is 12.3 Å². The first-order valence-corrected chi connectivity index (χ1v) is 7.20. The maximum Gasteiger partial charge on any atom is 0.197 e. The molecule has 0 amide bonds. The van der Waals surface area contributed by atoms with Crippen LogP contribution < -0.4 is 5.73 Å². The van der Waals surface area contributed by atoms with Crippen molar-refractivity contribution >= 4 is 11.8 Å². The molecular weight excluding hydrogens is 220 g/mol. The molecule has 0 spiro atoms. The minimum atomic E-state index is 0.548. The normalized spacial score (nSPS) is 17.9. The van der Waals surface area contributed by atoms with Crippen LogP contribution in [0.2, 0.25) is 0 Å². The molecule has 16 heavy (non-hydrogen) atoms. The van der Waals surface area contributed by atoms with Crippen LogP contribution in [0.3, 0.4) is 0 Å².